The van der Waals surface area contributed by atoms with Crippen LogP contribution in [-0.2, 0) is 0 Å². The Labute approximate surface area is 113 Å². The van der Waals surface area contributed by atoms with Crippen molar-refractivity contribution in [1.29, 1.82) is 0 Å². The first kappa shape index (κ1) is 12.8. The lowest BCUT2D eigenvalue weighted by Crippen LogP contribution is -2.25. The Hall–Kier alpha value is -0.680. The first-order valence-corrected chi connectivity index (χ1v) is 7.48. The molecule has 92 valence electrons. The number of anilines is 1. The normalized spacial score (nSPS) is 19.9. The molecule has 1 unspecified atom stereocenters. The summed E-state index contributed by atoms with van der Waals surface area (Å²) in [5.74, 6) is 1.47. The number of aromatic carboxylic acids is 1. The lowest BCUT2D eigenvalue weighted by molar-refractivity contribution is 0.0696. The maximum atomic E-state index is 10.9. The van der Waals surface area contributed by atoms with Gasteiger partial charge in [-0.1, -0.05) is 0 Å². The fourth-order valence-corrected chi connectivity index (χ4v) is 3.49. The largest absolute Gasteiger partial charge is 0.478 e. The molecule has 2 rings (SSSR count). The smallest absolute Gasteiger partial charge is 0.336 e. The van der Waals surface area contributed by atoms with Crippen LogP contribution in [0.15, 0.2) is 22.7 Å². The van der Waals surface area contributed by atoms with Crippen molar-refractivity contribution in [3.8, 4) is 0 Å². The molecule has 0 amide bonds. The highest BCUT2D eigenvalue weighted by Crippen LogP contribution is 2.25. The number of rotatable bonds is 3. The fraction of sp³-hybridized carbons (Fsp3) is 0.417. The van der Waals surface area contributed by atoms with Crippen LogP contribution in [-0.4, -0.2) is 28.6 Å². The standard InChI is InChI=1S/C12H14BrNO2S/c13-11-6-8(3-4-10(11)12(15)16)14-9-2-1-5-17-7-9/h3-4,6,9,14H,1-2,5,7H2,(H,15,16). The van der Waals surface area contributed by atoms with Crippen molar-refractivity contribution < 1.29 is 9.90 Å². The van der Waals surface area contributed by atoms with Gasteiger partial charge in [-0.3, -0.25) is 0 Å². The minimum atomic E-state index is -0.906. The molecule has 1 aliphatic rings. The minimum Gasteiger partial charge on any atom is -0.478 e. The molecule has 1 saturated heterocycles. The zero-order valence-corrected chi connectivity index (χ0v) is 11.7. The predicted molar refractivity (Wildman–Crippen MR) is 75.1 cm³/mol. The Morgan fingerprint density at radius 2 is 2.35 bits per heavy atom. The fourth-order valence-electron chi connectivity index (χ4n) is 1.87. The first-order valence-electron chi connectivity index (χ1n) is 5.54. The summed E-state index contributed by atoms with van der Waals surface area (Å²) in [6.45, 7) is 0. The summed E-state index contributed by atoms with van der Waals surface area (Å²) in [5, 5.41) is 12.4. The average molecular weight is 316 g/mol. The van der Waals surface area contributed by atoms with Crippen LogP contribution in [0.3, 0.4) is 0 Å². The molecule has 0 aromatic heterocycles. The Balaban J connectivity index is 2.06. The van der Waals surface area contributed by atoms with E-state index in [9.17, 15) is 4.79 Å². The zero-order valence-electron chi connectivity index (χ0n) is 9.28. The molecule has 17 heavy (non-hydrogen) atoms. The van der Waals surface area contributed by atoms with Crippen molar-refractivity contribution >= 4 is 39.3 Å². The lowest BCUT2D eigenvalue weighted by atomic mass is 10.1. The Morgan fingerprint density at radius 3 is 2.94 bits per heavy atom. The number of thioether (sulfide) groups is 1. The third kappa shape index (κ3) is 3.39. The molecular formula is C12H14BrNO2S. The van der Waals surface area contributed by atoms with Gasteiger partial charge in [0.15, 0.2) is 0 Å². The Kier molecular flexibility index (Phi) is 4.34. The van der Waals surface area contributed by atoms with E-state index in [-0.39, 0.29) is 0 Å². The van der Waals surface area contributed by atoms with Gasteiger partial charge in [0, 0.05) is 22.0 Å². The molecule has 3 nitrogen and oxygen atoms in total. The van der Waals surface area contributed by atoms with Crippen molar-refractivity contribution in [2.75, 3.05) is 16.8 Å². The van der Waals surface area contributed by atoms with E-state index in [4.69, 9.17) is 5.11 Å². The van der Waals surface area contributed by atoms with Gasteiger partial charge in [0.25, 0.3) is 0 Å². The van der Waals surface area contributed by atoms with Crippen LogP contribution in [0, 0.1) is 0 Å². The summed E-state index contributed by atoms with van der Waals surface area (Å²) < 4.78 is 0.624. The highest BCUT2D eigenvalue weighted by molar-refractivity contribution is 9.10. The number of hydrogen-bond acceptors (Lipinski definition) is 3. The highest BCUT2D eigenvalue weighted by Gasteiger charge is 2.14. The van der Waals surface area contributed by atoms with Gasteiger partial charge in [-0.15, -0.1) is 0 Å². The molecule has 2 N–H and O–H groups in total. The molecule has 1 atom stereocenters. The molecule has 0 aliphatic carbocycles. The van der Waals surface area contributed by atoms with Crippen LogP contribution in [0.25, 0.3) is 0 Å². The molecule has 5 heteroatoms. The third-order valence-corrected chi connectivity index (χ3v) is 4.60. The number of carbonyl (C=O) groups is 1. The number of carboxylic acids is 1. The van der Waals surface area contributed by atoms with E-state index < -0.39 is 5.97 Å². The van der Waals surface area contributed by atoms with Crippen LogP contribution < -0.4 is 5.32 Å². The monoisotopic (exact) mass is 315 g/mol. The Morgan fingerprint density at radius 1 is 1.53 bits per heavy atom. The van der Waals surface area contributed by atoms with Gasteiger partial charge in [-0.05, 0) is 52.7 Å². The molecule has 1 aliphatic heterocycles. The van der Waals surface area contributed by atoms with Crippen molar-refractivity contribution in [1.82, 2.24) is 0 Å². The van der Waals surface area contributed by atoms with Crippen LogP contribution in [0.2, 0.25) is 0 Å². The zero-order chi connectivity index (χ0) is 12.3. The van der Waals surface area contributed by atoms with Crippen molar-refractivity contribution in [2.45, 2.75) is 18.9 Å². The van der Waals surface area contributed by atoms with Crippen molar-refractivity contribution in [3.63, 3.8) is 0 Å². The number of benzene rings is 1. The van der Waals surface area contributed by atoms with E-state index in [0.717, 1.165) is 11.4 Å². The first-order chi connectivity index (χ1) is 8.16. The summed E-state index contributed by atoms with van der Waals surface area (Å²) in [7, 11) is 0. The van der Waals surface area contributed by atoms with Crippen molar-refractivity contribution in [3.05, 3.63) is 28.2 Å². The summed E-state index contributed by atoms with van der Waals surface area (Å²) in [5.41, 5.74) is 1.28. The van der Waals surface area contributed by atoms with Gasteiger partial charge in [-0.2, -0.15) is 11.8 Å². The summed E-state index contributed by atoms with van der Waals surface area (Å²) in [6, 6.07) is 5.79. The minimum absolute atomic E-state index is 0.300. The SMILES string of the molecule is O=C(O)c1ccc(NC2CCCSC2)cc1Br. The number of hydrogen-bond donors (Lipinski definition) is 2. The van der Waals surface area contributed by atoms with Gasteiger partial charge in [0.2, 0.25) is 0 Å². The average Bonchev–Trinajstić information content (AvgIpc) is 2.30. The molecule has 0 saturated carbocycles. The van der Waals surface area contributed by atoms with Crippen LogP contribution in [0.4, 0.5) is 5.69 Å². The number of halogens is 1. The summed E-state index contributed by atoms with van der Waals surface area (Å²) >= 11 is 5.25. The van der Waals surface area contributed by atoms with Crippen molar-refractivity contribution in [2.24, 2.45) is 0 Å². The van der Waals surface area contributed by atoms with E-state index in [2.05, 4.69) is 21.2 Å². The molecule has 1 fully saturated rings. The molecular weight excluding hydrogens is 302 g/mol. The highest BCUT2D eigenvalue weighted by atomic mass is 79.9. The number of nitrogens with one attached hydrogen (secondary N) is 1. The summed E-state index contributed by atoms with van der Waals surface area (Å²) in [6.07, 6.45) is 2.43. The second kappa shape index (κ2) is 5.78. The van der Waals surface area contributed by atoms with Crippen LogP contribution >= 0.6 is 27.7 Å². The maximum Gasteiger partial charge on any atom is 0.336 e. The van der Waals surface area contributed by atoms with Gasteiger partial charge in [0.05, 0.1) is 5.56 Å². The molecule has 0 bridgehead atoms. The third-order valence-electron chi connectivity index (χ3n) is 2.73. The molecule has 1 heterocycles. The lowest BCUT2D eigenvalue weighted by Gasteiger charge is -2.23. The van der Waals surface area contributed by atoms with Crippen LogP contribution in [0.5, 0.6) is 0 Å². The molecule has 0 spiro atoms. The van der Waals surface area contributed by atoms with Gasteiger partial charge in [-0.25, -0.2) is 4.79 Å². The predicted octanol–water partition coefficient (Wildman–Crippen LogP) is 3.45. The van der Waals surface area contributed by atoms with Gasteiger partial charge >= 0.3 is 5.97 Å². The quantitative estimate of drug-likeness (QED) is 0.897. The van der Waals surface area contributed by atoms with E-state index in [1.165, 1.54) is 18.6 Å². The molecule has 0 radical (unpaired) electrons. The molecule has 1 aromatic carbocycles. The van der Waals surface area contributed by atoms with E-state index in [0.29, 0.717) is 16.1 Å². The Bertz CT molecular complexity index is 419. The van der Waals surface area contributed by atoms with Gasteiger partial charge in [0.1, 0.15) is 0 Å². The van der Waals surface area contributed by atoms with E-state index >= 15 is 0 Å². The number of carboxylic acid groups (broad SMARTS) is 1. The second-order valence-corrected chi connectivity index (χ2v) is 6.06. The summed E-state index contributed by atoms with van der Waals surface area (Å²) in [4.78, 5) is 10.9. The maximum absolute atomic E-state index is 10.9. The van der Waals surface area contributed by atoms with Gasteiger partial charge < -0.3 is 10.4 Å². The second-order valence-electron chi connectivity index (χ2n) is 4.06. The van der Waals surface area contributed by atoms with Crippen LogP contribution in [0.1, 0.15) is 23.2 Å². The van der Waals surface area contributed by atoms with E-state index in [1.807, 2.05) is 23.9 Å². The topological polar surface area (TPSA) is 49.3 Å². The molecule has 1 aromatic rings. The van der Waals surface area contributed by atoms with E-state index in [1.54, 1.807) is 6.07 Å².